The fourth-order valence-corrected chi connectivity index (χ4v) is 1.63. The topological polar surface area (TPSA) is 37.4 Å². The van der Waals surface area contributed by atoms with Gasteiger partial charge in [0.15, 0.2) is 0 Å². The van der Waals surface area contributed by atoms with Gasteiger partial charge in [-0.15, -0.1) is 0 Å². The zero-order chi connectivity index (χ0) is 13.5. The first-order valence-corrected chi connectivity index (χ1v) is 5.02. The van der Waals surface area contributed by atoms with E-state index in [1.807, 2.05) is 0 Å². The van der Waals surface area contributed by atoms with Gasteiger partial charge in [0.2, 0.25) is 0 Å². The summed E-state index contributed by atoms with van der Waals surface area (Å²) in [5, 5.41) is 0. The molecule has 0 radical (unpaired) electrons. The Hall–Kier alpha value is -2.11. The normalized spacial score (nSPS) is 16.2. The van der Waals surface area contributed by atoms with E-state index >= 15 is 0 Å². The molecule has 0 saturated heterocycles. The third-order valence-corrected chi connectivity index (χ3v) is 2.63. The van der Waals surface area contributed by atoms with Crippen LogP contribution in [0.1, 0.15) is 11.1 Å². The van der Waals surface area contributed by atoms with Crippen LogP contribution in [0.2, 0.25) is 0 Å². The molecule has 1 heterocycles. The Morgan fingerprint density at radius 2 is 1.83 bits per heavy atom. The van der Waals surface area contributed by atoms with Gasteiger partial charge in [0.1, 0.15) is 0 Å². The maximum atomic E-state index is 12.5. The van der Waals surface area contributed by atoms with Crippen LogP contribution in [-0.2, 0) is 15.8 Å². The van der Waals surface area contributed by atoms with E-state index in [0.717, 1.165) is 23.1 Å². The quantitative estimate of drug-likeness (QED) is 0.720. The van der Waals surface area contributed by atoms with Gasteiger partial charge in [0, 0.05) is 13.1 Å². The van der Waals surface area contributed by atoms with Gasteiger partial charge in [0.25, 0.3) is 11.8 Å². The molecule has 0 bridgehead atoms. The molecule has 1 aromatic rings. The van der Waals surface area contributed by atoms with Crippen LogP contribution < -0.4 is 0 Å². The summed E-state index contributed by atoms with van der Waals surface area (Å²) in [5.74, 6) is -1.13. The van der Waals surface area contributed by atoms with Gasteiger partial charge in [-0.1, -0.05) is 12.1 Å². The molecule has 2 amide bonds. The molecule has 94 valence electrons. The average Bonchev–Trinajstić information content (AvgIpc) is 2.56. The Bertz CT molecular complexity index is 561. The second-order valence-electron chi connectivity index (χ2n) is 3.84. The van der Waals surface area contributed by atoms with Crippen molar-refractivity contribution in [2.75, 3.05) is 7.05 Å². The zero-order valence-electron chi connectivity index (χ0n) is 9.28. The molecule has 1 aromatic carbocycles. The number of carbonyl (C=O) groups is 2. The van der Waals surface area contributed by atoms with Crippen molar-refractivity contribution in [1.29, 1.82) is 0 Å². The molecule has 2 rings (SSSR count). The van der Waals surface area contributed by atoms with Gasteiger partial charge in [0.05, 0.1) is 11.1 Å². The maximum Gasteiger partial charge on any atom is 0.416 e. The van der Waals surface area contributed by atoms with Crippen LogP contribution in [0.25, 0.3) is 5.57 Å². The van der Waals surface area contributed by atoms with E-state index < -0.39 is 23.6 Å². The number of imide groups is 1. The highest BCUT2D eigenvalue weighted by atomic mass is 19.4. The van der Waals surface area contributed by atoms with Crippen LogP contribution in [-0.4, -0.2) is 23.8 Å². The summed E-state index contributed by atoms with van der Waals surface area (Å²) >= 11 is 0. The molecular formula is C12H8F3NO2. The number of alkyl halides is 3. The molecule has 0 aromatic heterocycles. The second kappa shape index (κ2) is 3.97. The number of amides is 2. The molecule has 0 N–H and O–H groups in total. The van der Waals surface area contributed by atoms with Crippen molar-refractivity contribution in [3.05, 3.63) is 41.5 Å². The standard InChI is InChI=1S/C12H8F3NO2/c1-16-10(17)6-9(11(16)18)7-3-2-4-8(5-7)12(13,14)15/h2-6H,1H3. The minimum absolute atomic E-state index is 0.0198. The Labute approximate surface area is 101 Å². The van der Waals surface area contributed by atoms with Gasteiger partial charge >= 0.3 is 6.18 Å². The number of halogens is 3. The first-order chi connectivity index (χ1) is 8.30. The molecule has 1 aliphatic heterocycles. The summed E-state index contributed by atoms with van der Waals surface area (Å²) in [4.78, 5) is 23.7. The fourth-order valence-electron chi connectivity index (χ4n) is 1.63. The summed E-state index contributed by atoms with van der Waals surface area (Å²) in [6, 6.07) is 4.34. The van der Waals surface area contributed by atoms with E-state index in [2.05, 4.69) is 0 Å². The third kappa shape index (κ3) is 2.01. The highest BCUT2D eigenvalue weighted by molar-refractivity contribution is 6.33. The second-order valence-corrected chi connectivity index (χ2v) is 3.84. The van der Waals surface area contributed by atoms with Crippen molar-refractivity contribution < 1.29 is 22.8 Å². The summed E-state index contributed by atoms with van der Waals surface area (Å²) < 4.78 is 37.6. The van der Waals surface area contributed by atoms with Crippen LogP contribution in [0, 0.1) is 0 Å². The molecule has 0 aliphatic carbocycles. The summed E-state index contributed by atoms with van der Waals surface area (Å²) in [5.41, 5.74) is -0.781. The van der Waals surface area contributed by atoms with Crippen molar-refractivity contribution >= 4 is 17.4 Å². The molecule has 18 heavy (non-hydrogen) atoms. The van der Waals surface area contributed by atoms with Gasteiger partial charge in [-0.05, 0) is 17.7 Å². The molecule has 0 atom stereocenters. The highest BCUT2D eigenvalue weighted by Crippen LogP contribution is 2.32. The Balaban J connectivity index is 2.45. The smallest absolute Gasteiger partial charge is 0.278 e. The van der Waals surface area contributed by atoms with Crippen molar-refractivity contribution in [3.63, 3.8) is 0 Å². The number of benzene rings is 1. The molecule has 3 nitrogen and oxygen atoms in total. The Kier molecular flexibility index (Phi) is 2.73. The molecule has 0 fully saturated rings. The minimum Gasteiger partial charge on any atom is -0.278 e. The minimum atomic E-state index is -4.48. The van der Waals surface area contributed by atoms with E-state index in [1.165, 1.54) is 19.2 Å². The van der Waals surface area contributed by atoms with Gasteiger partial charge in [-0.2, -0.15) is 13.2 Å². The predicted octanol–water partition coefficient (Wildman–Crippen LogP) is 2.09. The number of hydrogen-bond acceptors (Lipinski definition) is 2. The van der Waals surface area contributed by atoms with Crippen LogP contribution in [0.15, 0.2) is 30.3 Å². The highest BCUT2D eigenvalue weighted by Gasteiger charge is 2.33. The first kappa shape index (κ1) is 12.3. The molecule has 0 unspecified atom stereocenters. The van der Waals surface area contributed by atoms with Gasteiger partial charge < -0.3 is 0 Å². The zero-order valence-corrected chi connectivity index (χ0v) is 9.28. The summed E-state index contributed by atoms with van der Waals surface area (Å²) in [7, 11) is 1.28. The number of hydrogen-bond donors (Lipinski definition) is 0. The van der Waals surface area contributed by atoms with Crippen molar-refractivity contribution in [3.8, 4) is 0 Å². The SMILES string of the molecule is CN1C(=O)C=C(c2cccc(C(F)(F)F)c2)C1=O. The molecule has 0 spiro atoms. The number of rotatable bonds is 1. The molecule has 1 aliphatic rings. The van der Waals surface area contributed by atoms with Crippen LogP contribution in [0.5, 0.6) is 0 Å². The van der Waals surface area contributed by atoms with Gasteiger partial charge in [-0.3, -0.25) is 14.5 Å². The first-order valence-electron chi connectivity index (χ1n) is 5.02. The lowest BCUT2D eigenvalue weighted by Crippen LogP contribution is -2.25. The Morgan fingerprint density at radius 1 is 1.17 bits per heavy atom. The van der Waals surface area contributed by atoms with E-state index in [1.54, 1.807) is 0 Å². The summed E-state index contributed by atoms with van der Waals surface area (Å²) in [6.45, 7) is 0. The number of carbonyl (C=O) groups excluding carboxylic acids is 2. The summed E-state index contributed by atoms with van der Waals surface area (Å²) in [6.07, 6.45) is -3.44. The van der Waals surface area contributed by atoms with Crippen molar-refractivity contribution in [1.82, 2.24) is 4.90 Å². The number of likely N-dealkylation sites (N-methyl/N-ethyl adjacent to an activating group) is 1. The van der Waals surface area contributed by atoms with Crippen LogP contribution in [0.3, 0.4) is 0 Å². The van der Waals surface area contributed by atoms with Crippen molar-refractivity contribution in [2.24, 2.45) is 0 Å². The molecular weight excluding hydrogens is 247 g/mol. The van der Waals surface area contributed by atoms with E-state index in [9.17, 15) is 22.8 Å². The van der Waals surface area contributed by atoms with E-state index in [0.29, 0.717) is 0 Å². The lowest BCUT2D eigenvalue weighted by atomic mass is 10.0. The largest absolute Gasteiger partial charge is 0.416 e. The monoisotopic (exact) mass is 255 g/mol. The van der Waals surface area contributed by atoms with Crippen LogP contribution in [0.4, 0.5) is 13.2 Å². The van der Waals surface area contributed by atoms with Gasteiger partial charge in [-0.25, -0.2) is 0 Å². The third-order valence-electron chi connectivity index (χ3n) is 2.63. The van der Waals surface area contributed by atoms with E-state index in [-0.39, 0.29) is 11.1 Å². The van der Waals surface area contributed by atoms with Crippen LogP contribution >= 0.6 is 0 Å². The average molecular weight is 255 g/mol. The van der Waals surface area contributed by atoms with Crippen molar-refractivity contribution in [2.45, 2.75) is 6.18 Å². The fraction of sp³-hybridized carbons (Fsp3) is 0.167. The molecule has 6 heteroatoms. The van der Waals surface area contributed by atoms with E-state index in [4.69, 9.17) is 0 Å². The lowest BCUT2D eigenvalue weighted by Gasteiger charge is -2.10. The lowest BCUT2D eigenvalue weighted by molar-refractivity contribution is -0.138. The Morgan fingerprint density at radius 3 is 2.33 bits per heavy atom. The predicted molar refractivity (Wildman–Crippen MR) is 57.2 cm³/mol. The maximum absolute atomic E-state index is 12.5. The number of nitrogens with zero attached hydrogens (tertiary/aromatic N) is 1. The molecule has 0 saturated carbocycles.